The van der Waals surface area contributed by atoms with Gasteiger partial charge in [0, 0.05) is 12.0 Å². The number of carboxylic acids is 1. The number of rotatable bonds is 9. The Bertz CT molecular complexity index is 668. The van der Waals surface area contributed by atoms with E-state index in [1.807, 2.05) is 42.5 Å². The molecular weight excluding hydrogens is 310 g/mol. The highest BCUT2D eigenvalue weighted by Gasteiger charge is 2.06. The van der Waals surface area contributed by atoms with Crippen LogP contribution in [0, 0.1) is 0 Å². The van der Waals surface area contributed by atoms with Crippen LogP contribution < -0.4 is 4.89 Å². The number of hydrogen-bond donors (Lipinski definition) is 1. The van der Waals surface area contributed by atoms with E-state index in [0.717, 1.165) is 11.1 Å². The second-order valence-corrected chi connectivity index (χ2v) is 4.97. The molecular formula is C18H19NO5. The number of carboxylic acid groups (broad SMARTS) is 1. The van der Waals surface area contributed by atoms with E-state index in [1.54, 1.807) is 12.1 Å². The SMILES string of the molecule is CO/N=C(\COOc1ccc(CCC(=O)O)cc1)c1ccccc1. The van der Waals surface area contributed by atoms with Gasteiger partial charge in [-0.15, -0.1) is 0 Å². The normalized spacial score (nSPS) is 11.1. The molecule has 126 valence electrons. The number of hydrogen-bond acceptors (Lipinski definition) is 5. The first kappa shape index (κ1) is 17.5. The highest BCUT2D eigenvalue weighted by Crippen LogP contribution is 2.14. The van der Waals surface area contributed by atoms with Crippen molar-refractivity contribution in [2.24, 2.45) is 5.16 Å². The summed E-state index contributed by atoms with van der Waals surface area (Å²) in [6, 6.07) is 16.6. The monoisotopic (exact) mass is 329 g/mol. The zero-order valence-corrected chi connectivity index (χ0v) is 13.3. The Morgan fingerprint density at radius 2 is 1.79 bits per heavy atom. The molecule has 0 saturated carbocycles. The van der Waals surface area contributed by atoms with Crippen LogP contribution in [0.2, 0.25) is 0 Å². The molecule has 6 heteroatoms. The van der Waals surface area contributed by atoms with Gasteiger partial charge in [0.25, 0.3) is 0 Å². The van der Waals surface area contributed by atoms with Crippen molar-refractivity contribution in [3.05, 3.63) is 65.7 Å². The van der Waals surface area contributed by atoms with Crippen molar-refractivity contribution in [1.82, 2.24) is 0 Å². The van der Waals surface area contributed by atoms with Crippen LogP contribution in [0.15, 0.2) is 59.8 Å². The highest BCUT2D eigenvalue weighted by molar-refractivity contribution is 6.01. The average Bonchev–Trinajstić information content (AvgIpc) is 2.61. The molecule has 0 fully saturated rings. The van der Waals surface area contributed by atoms with Gasteiger partial charge in [0.2, 0.25) is 0 Å². The van der Waals surface area contributed by atoms with Crippen LogP contribution in [0.1, 0.15) is 17.5 Å². The largest absolute Gasteiger partial charge is 0.481 e. The molecule has 1 N–H and O–H groups in total. The highest BCUT2D eigenvalue weighted by atomic mass is 17.2. The first-order valence-electron chi connectivity index (χ1n) is 7.44. The molecule has 0 unspecified atom stereocenters. The van der Waals surface area contributed by atoms with E-state index < -0.39 is 5.97 Å². The number of benzene rings is 2. The van der Waals surface area contributed by atoms with Crippen molar-refractivity contribution in [1.29, 1.82) is 0 Å². The van der Waals surface area contributed by atoms with Gasteiger partial charge in [-0.3, -0.25) is 4.79 Å². The van der Waals surface area contributed by atoms with E-state index in [4.69, 9.17) is 19.7 Å². The number of carbonyl (C=O) groups is 1. The molecule has 0 aromatic heterocycles. The van der Waals surface area contributed by atoms with Gasteiger partial charge in [-0.25, -0.2) is 0 Å². The molecule has 0 bridgehead atoms. The first-order chi connectivity index (χ1) is 11.7. The van der Waals surface area contributed by atoms with Crippen LogP contribution in [0.3, 0.4) is 0 Å². The summed E-state index contributed by atoms with van der Waals surface area (Å²) < 4.78 is 0. The van der Waals surface area contributed by atoms with Crippen molar-refractivity contribution in [2.45, 2.75) is 12.8 Å². The maximum Gasteiger partial charge on any atom is 0.303 e. The molecule has 2 aromatic rings. The van der Waals surface area contributed by atoms with Gasteiger partial charge >= 0.3 is 5.97 Å². The maximum absolute atomic E-state index is 10.5. The average molecular weight is 329 g/mol. The number of oxime groups is 1. The van der Waals surface area contributed by atoms with Crippen LogP contribution in [0.4, 0.5) is 0 Å². The molecule has 24 heavy (non-hydrogen) atoms. The van der Waals surface area contributed by atoms with Gasteiger partial charge in [0.05, 0.1) is 0 Å². The summed E-state index contributed by atoms with van der Waals surface area (Å²) >= 11 is 0. The lowest BCUT2D eigenvalue weighted by Gasteiger charge is -2.08. The van der Waals surface area contributed by atoms with Gasteiger partial charge in [0.15, 0.2) is 5.75 Å². The third-order valence-corrected chi connectivity index (χ3v) is 3.21. The molecule has 0 aliphatic carbocycles. The molecule has 0 aliphatic rings. The molecule has 2 rings (SSSR count). The van der Waals surface area contributed by atoms with Gasteiger partial charge < -0.3 is 14.8 Å². The van der Waals surface area contributed by atoms with Gasteiger partial charge in [0.1, 0.15) is 19.4 Å². The fraction of sp³-hybridized carbons (Fsp3) is 0.222. The Kier molecular flexibility index (Phi) is 6.79. The number of aliphatic carboxylic acids is 1. The second kappa shape index (κ2) is 9.32. The van der Waals surface area contributed by atoms with E-state index in [2.05, 4.69) is 5.16 Å². The van der Waals surface area contributed by atoms with E-state index in [1.165, 1.54) is 7.11 Å². The molecule has 0 saturated heterocycles. The van der Waals surface area contributed by atoms with Gasteiger partial charge in [-0.05, 0) is 24.1 Å². The van der Waals surface area contributed by atoms with Crippen LogP contribution in [-0.4, -0.2) is 30.5 Å². The molecule has 6 nitrogen and oxygen atoms in total. The van der Waals surface area contributed by atoms with Crippen molar-refractivity contribution in [2.75, 3.05) is 13.7 Å². The predicted octanol–water partition coefficient (Wildman–Crippen LogP) is 3.06. The molecule has 0 aliphatic heterocycles. The first-order valence-corrected chi connectivity index (χ1v) is 7.44. The standard InChI is InChI=1S/C18H19NO5/c1-22-19-17(15-5-3-2-4-6-15)13-23-24-16-10-7-14(8-11-16)9-12-18(20)21/h2-8,10-11H,9,12-13H2,1H3,(H,20,21)/b19-17+. The minimum absolute atomic E-state index is 0.102. The Hall–Kier alpha value is -2.86. The van der Waals surface area contributed by atoms with Crippen molar-refractivity contribution < 1.29 is 24.5 Å². The minimum Gasteiger partial charge on any atom is -0.481 e. The quantitative estimate of drug-likeness (QED) is 0.435. The van der Waals surface area contributed by atoms with Crippen LogP contribution >= 0.6 is 0 Å². The predicted molar refractivity (Wildman–Crippen MR) is 89.0 cm³/mol. The Balaban J connectivity index is 1.86. The molecule has 0 radical (unpaired) electrons. The summed E-state index contributed by atoms with van der Waals surface area (Å²) in [5.41, 5.74) is 2.42. The van der Waals surface area contributed by atoms with Crippen molar-refractivity contribution in [3.8, 4) is 5.75 Å². The summed E-state index contributed by atoms with van der Waals surface area (Å²) in [6.45, 7) is 0.124. The summed E-state index contributed by atoms with van der Waals surface area (Å²) in [5.74, 6) is -0.288. The number of aryl methyl sites for hydroxylation is 1. The van der Waals surface area contributed by atoms with E-state index in [0.29, 0.717) is 17.9 Å². The molecule has 0 atom stereocenters. The lowest BCUT2D eigenvalue weighted by Crippen LogP contribution is -2.13. The zero-order valence-electron chi connectivity index (χ0n) is 13.3. The zero-order chi connectivity index (χ0) is 17.2. The van der Waals surface area contributed by atoms with E-state index in [-0.39, 0.29) is 13.0 Å². The summed E-state index contributed by atoms with van der Waals surface area (Å²) in [5, 5.41) is 12.6. The topological polar surface area (TPSA) is 77.3 Å². The molecule has 0 heterocycles. The van der Waals surface area contributed by atoms with Crippen molar-refractivity contribution in [3.63, 3.8) is 0 Å². The van der Waals surface area contributed by atoms with E-state index in [9.17, 15) is 4.79 Å². The third kappa shape index (κ3) is 5.73. The smallest absolute Gasteiger partial charge is 0.303 e. The summed E-state index contributed by atoms with van der Waals surface area (Å²) in [4.78, 5) is 25.8. The molecule has 0 spiro atoms. The van der Waals surface area contributed by atoms with Gasteiger partial charge in [-0.2, -0.15) is 4.89 Å². The van der Waals surface area contributed by atoms with E-state index >= 15 is 0 Å². The lowest BCUT2D eigenvalue weighted by atomic mass is 10.1. The van der Waals surface area contributed by atoms with Crippen LogP contribution in [0.5, 0.6) is 5.75 Å². The summed E-state index contributed by atoms with van der Waals surface area (Å²) in [6.07, 6.45) is 0.583. The second-order valence-electron chi connectivity index (χ2n) is 4.97. The van der Waals surface area contributed by atoms with Crippen LogP contribution in [-0.2, 0) is 20.9 Å². The van der Waals surface area contributed by atoms with Gasteiger partial charge in [-0.1, -0.05) is 47.6 Å². The third-order valence-electron chi connectivity index (χ3n) is 3.21. The van der Waals surface area contributed by atoms with Crippen molar-refractivity contribution >= 4 is 11.7 Å². The molecule has 0 amide bonds. The van der Waals surface area contributed by atoms with Crippen LogP contribution in [0.25, 0.3) is 0 Å². The molecule has 2 aromatic carbocycles. The summed E-state index contributed by atoms with van der Waals surface area (Å²) in [7, 11) is 1.47. The fourth-order valence-corrected chi connectivity index (χ4v) is 2.02. The Labute approximate surface area is 140 Å². The minimum atomic E-state index is -0.815. The lowest BCUT2D eigenvalue weighted by molar-refractivity contribution is -0.191. The fourth-order valence-electron chi connectivity index (χ4n) is 2.02. The maximum atomic E-state index is 10.5. The number of nitrogens with zero attached hydrogens (tertiary/aromatic N) is 1. The Morgan fingerprint density at radius 3 is 2.42 bits per heavy atom. The Morgan fingerprint density at radius 1 is 1.08 bits per heavy atom.